The van der Waals surface area contributed by atoms with Gasteiger partial charge >= 0.3 is 0 Å². The Labute approximate surface area is 74.1 Å². The van der Waals surface area contributed by atoms with Crippen LogP contribution in [0.25, 0.3) is 0 Å². The van der Waals surface area contributed by atoms with Crippen LogP contribution < -0.4 is 0 Å². The molecule has 0 rings (SSSR count). The molecule has 0 aromatic heterocycles. The molecule has 4 heteroatoms. The van der Waals surface area contributed by atoms with Crippen LogP contribution in [-0.2, 0) is 9.47 Å². The number of hydrogen-bond acceptors (Lipinski definition) is 4. The second kappa shape index (κ2) is 5.97. The van der Waals surface area contributed by atoms with Crippen molar-refractivity contribution < 1.29 is 9.47 Å². The molecule has 0 spiro atoms. The molecule has 0 bridgehead atoms. The van der Waals surface area contributed by atoms with E-state index in [-0.39, 0.29) is 6.29 Å². The summed E-state index contributed by atoms with van der Waals surface area (Å²) >= 11 is 0. The molecule has 0 aromatic carbocycles. The highest BCUT2D eigenvalue weighted by Crippen LogP contribution is 2.00. The molecule has 0 saturated heterocycles. The first-order valence-electron chi connectivity index (χ1n) is 3.87. The van der Waals surface area contributed by atoms with Crippen molar-refractivity contribution in [1.29, 1.82) is 0 Å². The van der Waals surface area contributed by atoms with Gasteiger partial charge in [0.1, 0.15) is 0 Å². The molecule has 0 unspecified atom stereocenters. The fourth-order valence-electron chi connectivity index (χ4n) is 0.886. The van der Waals surface area contributed by atoms with Crippen molar-refractivity contribution in [2.24, 2.45) is 5.10 Å². The fraction of sp³-hybridized carbons (Fsp3) is 0.875. The lowest BCUT2D eigenvalue weighted by Gasteiger charge is -2.14. The molecule has 0 atom stereocenters. The van der Waals surface area contributed by atoms with E-state index in [0.29, 0.717) is 6.42 Å². The highest BCUT2D eigenvalue weighted by atomic mass is 16.7. The largest absolute Gasteiger partial charge is 0.356 e. The monoisotopic (exact) mass is 174 g/mol. The van der Waals surface area contributed by atoms with Crippen molar-refractivity contribution in [1.82, 2.24) is 5.01 Å². The van der Waals surface area contributed by atoms with Crippen molar-refractivity contribution in [3.05, 3.63) is 0 Å². The summed E-state index contributed by atoms with van der Waals surface area (Å²) in [7, 11) is 7.02. The van der Waals surface area contributed by atoms with Crippen LogP contribution in [0.15, 0.2) is 5.10 Å². The van der Waals surface area contributed by atoms with Crippen LogP contribution in [0.4, 0.5) is 0 Å². The van der Waals surface area contributed by atoms with Crippen LogP contribution in [0.1, 0.15) is 13.3 Å². The Bertz CT molecular complexity index is 142. The summed E-state index contributed by atoms with van der Waals surface area (Å²) in [5.41, 5.74) is 0.994. The van der Waals surface area contributed by atoms with E-state index >= 15 is 0 Å². The minimum Gasteiger partial charge on any atom is -0.356 e. The topological polar surface area (TPSA) is 34.1 Å². The second-order valence-corrected chi connectivity index (χ2v) is 2.79. The average molecular weight is 174 g/mol. The molecule has 0 aliphatic heterocycles. The van der Waals surface area contributed by atoms with Gasteiger partial charge in [-0.25, -0.2) is 0 Å². The summed E-state index contributed by atoms with van der Waals surface area (Å²) in [5.74, 6) is 0. The fourth-order valence-corrected chi connectivity index (χ4v) is 0.886. The first-order valence-corrected chi connectivity index (χ1v) is 3.87. The van der Waals surface area contributed by atoms with Gasteiger partial charge in [-0.05, 0) is 6.92 Å². The second-order valence-electron chi connectivity index (χ2n) is 2.79. The molecule has 0 N–H and O–H groups in total. The van der Waals surface area contributed by atoms with Crippen LogP contribution in [0.5, 0.6) is 0 Å². The summed E-state index contributed by atoms with van der Waals surface area (Å²) in [6, 6.07) is 0. The SMILES string of the molecule is COC(C/C(C)=N\N(C)C)OC. The number of hydrazone groups is 1. The van der Waals surface area contributed by atoms with Crippen LogP contribution in [-0.4, -0.2) is 45.3 Å². The number of ether oxygens (including phenoxy) is 2. The molecule has 0 aliphatic carbocycles. The van der Waals surface area contributed by atoms with Gasteiger partial charge < -0.3 is 14.5 Å². The smallest absolute Gasteiger partial charge is 0.162 e. The first-order chi connectivity index (χ1) is 5.60. The van der Waals surface area contributed by atoms with Crippen molar-refractivity contribution in [3.8, 4) is 0 Å². The zero-order chi connectivity index (χ0) is 9.56. The number of methoxy groups -OCH3 is 2. The molecule has 0 fully saturated rings. The normalized spacial score (nSPS) is 12.3. The lowest BCUT2D eigenvalue weighted by Crippen LogP contribution is -2.18. The Morgan fingerprint density at radius 2 is 1.83 bits per heavy atom. The van der Waals surface area contributed by atoms with Gasteiger partial charge in [0, 0.05) is 40.4 Å². The first kappa shape index (κ1) is 11.4. The molecule has 72 valence electrons. The standard InChI is InChI=1S/C8H18N2O2/c1-7(9-10(2)3)6-8(11-4)12-5/h8H,6H2,1-5H3/b9-7-. The van der Waals surface area contributed by atoms with Gasteiger partial charge in [0.15, 0.2) is 6.29 Å². The van der Waals surface area contributed by atoms with E-state index in [0.717, 1.165) is 5.71 Å². The minimum atomic E-state index is -0.186. The van der Waals surface area contributed by atoms with Gasteiger partial charge in [-0.15, -0.1) is 0 Å². The van der Waals surface area contributed by atoms with Crippen LogP contribution in [0.3, 0.4) is 0 Å². The van der Waals surface area contributed by atoms with Crippen molar-refractivity contribution in [2.45, 2.75) is 19.6 Å². The van der Waals surface area contributed by atoms with E-state index < -0.39 is 0 Å². The van der Waals surface area contributed by atoms with E-state index in [1.165, 1.54) is 0 Å². The quantitative estimate of drug-likeness (QED) is 0.353. The maximum atomic E-state index is 5.03. The van der Waals surface area contributed by atoms with Crippen molar-refractivity contribution in [3.63, 3.8) is 0 Å². The predicted molar refractivity (Wildman–Crippen MR) is 49.2 cm³/mol. The number of rotatable bonds is 5. The highest BCUT2D eigenvalue weighted by molar-refractivity contribution is 5.81. The predicted octanol–water partition coefficient (Wildman–Crippen LogP) is 0.933. The minimum absolute atomic E-state index is 0.186. The number of nitrogens with zero attached hydrogens (tertiary/aromatic N) is 2. The molecule has 0 radical (unpaired) electrons. The van der Waals surface area contributed by atoms with Crippen LogP contribution in [0, 0.1) is 0 Å². The van der Waals surface area contributed by atoms with E-state index in [1.54, 1.807) is 19.2 Å². The zero-order valence-corrected chi connectivity index (χ0v) is 8.50. The molecule has 0 aromatic rings. The van der Waals surface area contributed by atoms with Crippen molar-refractivity contribution >= 4 is 5.71 Å². The maximum absolute atomic E-state index is 5.03. The highest BCUT2D eigenvalue weighted by Gasteiger charge is 2.06. The molecular weight excluding hydrogens is 156 g/mol. The molecule has 12 heavy (non-hydrogen) atoms. The molecular formula is C8H18N2O2. The molecule has 0 saturated carbocycles. The van der Waals surface area contributed by atoms with Crippen LogP contribution >= 0.6 is 0 Å². The van der Waals surface area contributed by atoms with E-state index in [9.17, 15) is 0 Å². The summed E-state index contributed by atoms with van der Waals surface area (Å²) in [6.07, 6.45) is 0.513. The summed E-state index contributed by atoms with van der Waals surface area (Å²) in [5, 5.41) is 5.96. The molecule has 0 amide bonds. The van der Waals surface area contributed by atoms with E-state index in [1.807, 2.05) is 21.0 Å². The van der Waals surface area contributed by atoms with Gasteiger partial charge in [0.25, 0.3) is 0 Å². The lowest BCUT2D eigenvalue weighted by atomic mass is 10.3. The van der Waals surface area contributed by atoms with Gasteiger partial charge in [0.2, 0.25) is 0 Å². The molecule has 0 aliphatic rings. The van der Waals surface area contributed by atoms with Gasteiger partial charge in [0.05, 0.1) is 0 Å². The lowest BCUT2D eigenvalue weighted by molar-refractivity contribution is -0.0959. The summed E-state index contributed by atoms with van der Waals surface area (Å²) < 4.78 is 10.1. The average Bonchev–Trinajstić information content (AvgIpc) is 1.98. The van der Waals surface area contributed by atoms with Crippen molar-refractivity contribution in [2.75, 3.05) is 28.3 Å². The van der Waals surface area contributed by atoms with Gasteiger partial charge in [-0.1, -0.05) is 0 Å². The summed E-state index contributed by atoms with van der Waals surface area (Å²) in [4.78, 5) is 0. The Morgan fingerprint density at radius 1 is 1.33 bits per heavy atom. The summed E-state index contributed by atoms with van der Waals surface area (Å²) in [6.45, 7) is 1.95. The van der Waals surface area contributed by atoms with E-state index in [4.69, 9.17) is 9.47 Å². The molecule has 4 nitrogen and oxygen atoms in total. The van der Waals surface area contributed by atoms with Gasteiger partial charge in [-0.3, -0.25) is 0 Å². The maximum Gasteiger partial charge on any atom is 0.162 e. The van der Waals surface area contributed by atoms with E-state index in [2.05, 4.69) is 5.10 Å². The third-order valence-corrected chi connectivity index (χ3v) is 1.36. The van der Waals surface area contributed by atoms with Gasteiger partial charge in [-0.2, -0.15) is 5.10 Å². The third-order valence-electron chi connectivity index (χ3n) is 1.36. The Kier molecular flexibility index (Phi) is 5.66. The Hall–Kier alpha value is -0.610. The Balaban J connectivity index is 3.88. The van der Waals surface area contributed by atoms with Crippen LogP contribution in [0.2, 0.25) is 0 Å². The third kappa shape index (κ3) is 5.09. The molecule has 0 heterocycles. The Morgan fingerprint density at radius 3 is 2.17 bits per heavy atom. The number of hydrogen-bond donors (Lipinski definition) is 0. The zero-order valence-electron chi connectivity index (χ0n) is 8.50.